The minimum Gasteiger partial charge on any atom is -0.467 e. The predicted molar refractivity (Wildman–Crippen MR) is 141 cm³/mol. The fourth-order valence-electron chi connectivity index (χ4n) is 3.84. The first kappa shape index (κ1) is 25.8. The summed E-state index contributed by atoms with van der Waals surface area (Å²) >= 11 is 6.29. The van der Waals surface area contributed by atoms with E-state index in [-0.39, 0.29) is 45.4 Å². The molecule has 2 heterocycles. The lowest BCUT2D eigenvalue weighted by atomic mass is 10.0. The second kappa shape index (κ2) is 11.2. The third-order valence-electron chi connectivity index (χ3n) is 5.75. The van der Waals surface area contributed by atoms with Gasteiger partial charge in [0.2, 0.25) is 0 Å². The quantitative estimate of drug-likeness (QED) is 0.278. The number of benzene rings is 2. The highest BCUT2D eigenvalue weighted by atomic mass is 35.5. The number of nitrogens with two attached hydrogens (primary N) is 1. The number of ether oxygens (including phenoxy) is 1. The molecule has 1 atom stereocenters. The van der Waals surface area contributed by atoms with Crippen molar-refractivity contribution in [2.45, 2.75) is 19.4 Å². The number of hydrogen-bond acceptors (Lipinski definition) is 7. The summed E-state index contributed by atoms with van der Waals surface area (Å²) in [4.78, 5) is 49.5. The topological polar surface area (TPSA) is 152 Å². The summed E-state index contributed by atoms with van der Waals surface area (Å²) in [6, 6.07) is 15.2. The van der Waals surface area contributed by atoms with E-state index < -0.39 is 11.5 Å². The first-order valence-electron chi connectivity index (χ1n) is 11.4. The van der Waals surface area contributed by atoms with Crippen molar-refractivity contribution in [1.82, 2.24) is 20.3 Å². The zero-order valence-electron chi connectivity index (χ0n) is 20.2. The molecule has 0 spiro atoms. The summed E-state index contributed by atoms with van der Waals surface area (Å²) < 4.78 is 5.03. The summed E-state index contributed by atoms with van der Waals surface area (Å²) in [6.45, 7) is 2.10. The van der Waals surface area contributed by atoms with Gasteiger partial charge < -0.3 is 26.1 Å². The molecule has 37 heavy (non-hydrogen) atoms. The number of fused-ring (bicyclic) bond motifs is 1. The molecule has 0 aliphatic carbocycles. The number of rotatable bonds is 8. The number of aromatic nitrogens is 3. The van der Waals surface area contributed by atoms with Crippen molar-refractivity contribution in [3.63, 3.8) is 0 Å². The highest BCUT2D eigenvalue weighted by Crippen LogP contribution is 2.25. The van der Waals surface area contributed by atoms with Crippen LogP contribution in [0, 0.1) is 6.92 Å². The summed E-state index contributed by atoms with van der Waals surface area (Å²) in [5, 5.41) is 6.28. The van der Waals surface area contributed by atoms with Gasteiger partial charge in [-0.15, -0.1) is 0 Å². The molecule has 4 rings (SSSR count). The molecule has 11 heteroatoms. The number of aromatic amines is 1. The van der Waals surface area contributed by atoms with Crippen LogP contribution in [0.4, 0.5) is 5.69 Å². The number of anilines is 1. The van der Waals surface area contributed by atoms with Crippen LogP contribution in [0.25, 0.3) is 11.0 Å². The Morgan fingerprint density at radius 2 is 1.86 bits per heavy atom. The van der Waals surface area contributed by atoms with Crippen molar-refractivity contribution in [2.24, 2.45) is 5.73 Å². The van der Waals surface area contributed by atoms with Crippen molar-refractivity contribution < 1.29 is 14.3 Å². The average Bonchev–Trinajstić information content (AvgIpc) is 2.89. The molecule has 2 aromatic heterocycles. The van der Waals surface area contributed by atoms with E-state index in [4.69, 9.17) is 22.1 Å². The molecule has 4 aromatic rings. The maximum Gasteiger partial charge on any atom is 0.318 e. The van der Waals surface area contributed by atoms with Crippen molar-refractivity contribution in [3.8, 4) is 6.01 Å². The number of H-pyrrole nitrogens is 1. The van der Waals surface area contributed by atoms with Gasteiger partial charge >= 0.3 is 6.01 Å². The second-order valence-electron chi connectivity index (χ2n) is 8.23. The minimum atomic E-state index is -0.705. The maximum atomic E-state index is 13.0. The summed E-state index contributed by atoms with van der Waals surface area (Å²) in [7, 11) is 1.42. The van der Waals surface area contributed by atoms with Crippen molar-refractivity contribution >= 4 is 40.1 Å². The van der Waals surface area contributed by atoms with Gasteiger partial charge in [0.15, 0.2) is 0 Å². The Morgan fingerprint density at radius 3 is 2.57 bits per heavy atom. The molecule has 2 amide bonds. The molecular formula is C26H25ClN6O4. The van der Waals surface area contributed by atoms with Crippen LogP contribution in [0.15, 0.2) is 59.4 Å². The van der Waals surface area contributed by atoms with Gasteiger partial charge in [-0.25, -0.2) is 0 Å². The average molecular weight is 521 g/mol. The zero-order valence-corrected chi connectivity index (χ0v) is 20.9. The van der Waals surface area contributed by atoms with E-state index >= 15 is 0 Å². The monoisotopic (exact) mass is 520 g/mol. The highest BCUT2D eigenvalue weighted by Gasteiger charge is 2.19. The maximum absolute atomic E-state index is 13.0. The number of nitrogens with zero attached hydrogens (tertiary/aromatic N) is 2. The molecule has 0 aliphatic heterocycles. The molecule has 5 N–H and O–H groups in total. The zero-order chi connectivity index (χ0) is 26.5. The largest absolute Gasteiger partial charge is 0.467 e. The van der Waals surface area contributed by atoms with Crippen LogP contribution in [0.5, 0.6) is 6.01 Å². The fraction of sp³-hybridized carbons (Fsp3) is 0.192. The number of amides is 2. The van der Waals surface area contributed by atoms with Crippen LogP contribution >= 0.6 is 11.6 Å². The van der Waals surface area contributed by atoms with E-state index in [9.17, 15) is 14.4 Å². The smallest absolute Gasteiger partial charge is 0.318 e. The molecule has 0 saturated carbocycles. The van der Waals surface area contributed by atoms with Gasteiger partial charge in [-0.1, -0.05) is 41.9 Å². The molecule has 10 nitrogen and oxygen atoms in total. The molecule has 0 aliphatic rings. The number of hydrogen-bond donors (Lipinski definition) is 4. The molecule has 0 saturated heterocycles. The van der Waals surface area contributed by atoms with E-state index in [1.165, 1.54) is 25.3 Å². The Bertz CT molecular complexity index is 1520. The SMILES string of the molecule is COc1nc(C)c2cc(C(=O)Nc3cc(C(=O)N[C@H](CCN)c4ccccc4)ccc3Cl)c(=O)[nH]c2n1. The van der Waals surface area contributed by atoms with E-state index in [1.807, 2.05) is 30.3 Å². The highest BCUT2D eigenvalue weighted by molar-refractivity contribution is 6.34. The van der Waals surface area contributed by atoms with Crippen LogP contribution in [0.1, 0.15) is 44.4 Å². The van der Waals surface area contributed by atoms with Gasteiger partial charge in [0.25, 0.3) is 17.4 Å². The third-order valence-corrected chi connectivity index (χ3v) is 6.08. The Hall–Kier alpha value is -4.28. The standard InChI is InChI=1S/C26H25ClN6O4/c1-14-17-13-18(25(36)32-22(17)33-26(29-14)37-2)24(35)31-21-12-16(8-9-19(21)27)23(34)30-20(10-11-28)15-6-4-3-5-7-15/h3-9,12-13,20H,10-11,28H2,1-2H3,(H,30,34)(H,31,35)(H,29,32,33,36)/t20-/m1/s1. The number of nitrogens with one attached hydrogen (secondary N) is 3. The van der Waals surface area contributed by atoms with E-state index in [0.717, 1.165) is 5.56 Å². The lowest BCUT2D eigenvalue weighted by Crippen LogP contribution is -2.30. The summed E-state index contributed by atoms with van der Waals surface area (Å²) in [5.41, 5.74) is 7.08. The van der Waals surface area contributed by atoms with Gasteiger partial charge in [0.05, 0.1) is 29.6 Å². The Balaban J connectivity index is 1.58. The number of carbonyl (C=O) groups is 2. The van der Waals surface area contributed by atoms with Crippen LogP contribution in [-0.2, 0) is 0 Å². The number of halogens is 1. The number of aryl methyl sites for hydroxylation is 1. The predicted octanol–water partition coefficient (Wildman–Crippen LogP) is 3.36. The number of pyridine rings is 1. The Morgan fingerprint density at radius 1 is 1.11 bits per heavy atom. The lowest BCUT2D eigenvalue weighted by Gasteiger charge is -2.19. The molecule has 0 radical (unpaired) electrons. The molecule has 190 valence electrons. The lowest BCUT2D eigenvalue weighted by molar-refractivity contribution is 0.0934. The second-order valence-corrected chi connectivity index (χ2v) is 8.64. The van der Waals surface area contributed by atoms with Gasteiger partial charge in [-0.05, 0) is 49.7 Å². The Labute approximate surface area is 217 Å². The van der Waals surface area contributed by atoms with Crippen molar-refractivity contribution in [2.75, 3.05) is 19.0 Å². The van der Waals surface area contributed by atoms with Crippen LogP contribution in [0.2, 0.25) is 5.02 Å². The van der Waals surface area contributed by atoms with Gasteiger partial charge in [-0.3, -0.25) is 14.4 Å². The minimum absolute atomic E-state index is 0.0979. The van der Waals surface area contributed by atoms with E-state index in [2.05, 4.69) is 25.6 Å². The number of methoxy groups -OCH3 is 1. The van der Waals surface area contributed by atoms with E-state index in [0.29, 0.717) is 24.0 Å². The molecule has 0 bridgehead atoms. The normalized spacial score (nSPS) is 11.7. The van der Waals surface area contributed by atoms with Gasteiger partial charge in [-0.2, -0.15) is 9.97 Å². The summed E-state index contributed by atoms with van der Waals surface area (Å²) in [6.07, 6.45) is 0.548. The van der Waals surface area contributed by atoms with Crippen molar-refractivity contribution in [3.05, 3.63) is 92.4 Å². The third kappa shape index (κ3) is 5.76. The molecular weight excluding hydrogens is 496 g/mol. The fourth-order valence-corrected chi connectivity index (χ4v) is 4.00. The van der Waals surface area contributed by atoms with Gasteiger partial charge in [0, 0.05) is 10.9 Å². The molecule has 2 aromatic carbocycles. The van der Waals surface area contributed by atoms with Crippen LogP contribution in [-0.4, -0.2) is 40.4 Å². The number of carbonyl (C=O) groups excluding carboxylic acids is 2. The Kier molecular flexibility index (Phi) is 7.80. The van der Waals surface area contributed by atoms with Crippen molar-refractivity contribution in [1.29, 1.82) is 0 Å². The van der Waals surface area contributed by atoms with Crippen LogP contribution < -0.4 is 26.7 Å². The first-order valence-corrected chi connectivity index (χ1v) is 11.8. The van der Waals surface area contributed by atoms with Gasteiger partial charge in [0.1, 0.15) is 11.2 Å². The van der Waals surface area contributed by atoms with E-state index in [1.54, 1.807) is 13.0 Å². The molecule has 0 fully saturated rings. The molecule has 0 unspecified atom stereocenters. The van der Waals surface area contributed by atoms with Crippen LogP contribution in [0.3, 0.4) is 0 Å². The first-order chi connectivity index (χ1) is 17.8. The summed E-state index contributed by atoms with van der Waals surface area (Å²) in [5.74, 6) is -1.07.